The van der Waals surface area contributed by atoms with Crippen LogP contribution in [0.3, 0.4) is 0 Å². The summed E-state index contributed by atoms with van der Waals surface area (Å²) in [6, 6.07) is 5.47. The van der Waals surface area contributed by atoms with E-state index in [0.717, 1.165) is 10.6 Å². The largest absolute Gasteiger partial charge is 0.350 e. The van der Waals surface area contributed by atoms with E-state index in [-0.39, 0.29) is 17.9 Å². The molecule has 0 bridgehead atoms. The van der Waals surface area contributed by atoms with E-state index in [9.17, 15) is 9.59 Å². The van der Waals surface area contributed by atoms with E-state index in [2.05, 4.69) is 10.6 Å². The Labute approximate surface area is 104 Å². The van der Waals surface area contributed by atoms with Crippen molar-refractivity contribution in [3.8, 4) is 0 Å². The third-order valence-corrected chi connectivity index (χ3v) is 3.37. The number of carbonyl (C=O) groups excluding carboxylic acids is 2. The second-order valence-corrected chi connectivity index (χ2v) is 5.19. The minimum absolute atomic E-state index is 0.0242. The summed E-state index contributed by atoms with van der Waals surface area (Å²) in [6.07, 6.45) is 0. The molecule has 0 saturated carbocycles. The van der Waals surface area contributed by atoms with Gasteiger partial charge < -0.3 is 10.6 Å². The zero-order chi connectivity index (χ0) is 12.4. The number of carbonyl (C=O) groups is 2. The first-order valence-corrected chi connectivity index (χ1v) is 6.42. The molecule has 1 heterocycles. The maximum absolute atomic E-state index is 11.8. The third kappa shape index (κ3) is 2.79. The Kier molecular flexibility index (Phi) is 3.38. The van der Waals surface area contributed by atoms with Crippen molar-refractivity contribution >= 4 is 29.3 Å². The molecule has 0 radical (unpaired) electrons. The predicted octanol–water partition coefficient (Wildman–Crippen LogP) is 1.87. The SMILES string of the molecule is CC(C)NC(=O)c1ccc2c(c1)NC(=O)CS2. The molecule has 0 fully saturated rings. The van der Waals surface area contributed by atoms with Crippen LogP contribution in [0.25, 0.3) is 0 Å². The first-order valence-electron chi connectivity index (χ1n) is 5.44. The highest BCUT2D eigenvalue weighted by Crippen LogP contribution is 2.31. The summed E-state index contributed by atoms with van der Waals surface area (Å²) in [5.74, 6) is 0.293. The molecule has 2 amide bonds. The number of hydrogen-bond acceptors (Lipinski definition) is 3. The molecule has 0 spiro atoms. The van der Waals surface area contributed by atoms with Gasteiger partial charge in [-0.2, -0.15) is 0 Å². The molecule has 0 aliphatic carbocycles. The van der Waals surface area contributed by atoms with Gasteiger partial charge in [0.25, 0.3) is 5.91 Å². The van der Waals surface area contributed by atoms with Gasteiger partial charge in [-0.1, -0.05) is 0 Å². The van der Waals surface area contributed by atoms with Crippen molar-refractivity contribution in [1.82, 2.24) is 5.32 Å². The predicted molar refractivity (Wildman–Crippen MR) is 68.4 cm³/mol. The molecule has 1 aromatic rings. The van der Waals surface area contributed by atoms with Crippen LogP contribution in [0.2, 0.25) is 0 Å². The lowest BCUT2D eigenvalue weighted by atomic mass is 10.1. The highest BCUT2D eigenvalue weighted by atomic mass is 32.2. The van der Waals surface area contributed by atoms with E-state index >= 15 is 0 Å². The maximum atomic E-state index is 11.8. The average Bonchev–Trinajstić information content (AvgIpc) is 2.27. The minimum atomic E-state index is -0.118. The van der Waals surface area contributed by atoms with E-state index < -0.39 is 0 Å². The van der Waals surface area contributed by atoms with E-state index in [1.165, 1.54) is 11.8 Å². The normalized spacial score (nSPS) is 14.2. The van der Waals surface area contributed by atoms with Gasteiger partial charge in [0.15, 0.2) is 0 Å². The Morgan fingerprint density at radius 2 is 2.24 bits per heavy atom. The van der Waals surface area contributed by atoms with Crippen LogP contribution in [0.4, 0.5) is 5.69 Å². The van der Waals surface area contributed by atoms with Crippen LogP contribution in [-0.4, -0.2) is 23.6 Å². The van der Waals surface area contributed by atoms with Crippen molar-refractivity contribution in [1.29, 1.82) is 0 Å². The molecule has 5 heteroatoms. The summed E-state index contributed by atoms with van der Waals surface area (Å²) in [7, 11) is 0. The highest BCUT2D eigenvalue weighted by Gasteiger charge is 2.17. The Bertz CT molecular complexity index is 472. The number of thioether (sulfide) groups is 1. The quantitative estimate of drug-likeness (QED) is 0.842. The summed E-state index contributed by atoms with van der Waals surface area (Å²) in [5, 5.41) is 5.59. The Balaban J connectivity index is 2.23. The van der Waals surface area contributed by atoms with Crippen molar-refractivity contribution in [2.45, 2.75) is 24.8 Å². The van der Waals surface area contributed by atoms with Gasteiger partial charge >= 0.3 is 0 Å². The molecular weight excluding hydrogens is 236 g/mol. The zero-order valence-corrected chi connectivity index (χ0v) is 10.6. The van der Waals surface area contributed by atoms with Crippen molar-refractivity contribution in [2.24, 2.45) is 0 Å². The van der Waals surface area contributed by atoms with Crippen LogP contribution < -0.4 is 10.6 Å². The van der Waals surface area contributed by atoms with E-state index in [1.807, 2.05) is 19.9 Å². The zero-order valence-electron chi connectivity index (χ0n) is 9.74. The van der Waals surface area contributed by atoms with Gasteiger partial charge in [-0.25, -0.2) is 0 Å². The minimum Gasteiger partial charge on any atom is -0.350 e. The summed E-state index contributed by atoms with van der Waals surface area (Å²) in [6.45, 7) is 3.82. The number of anilines is 1. The third-order valence-electron chi connectivity index (χ3n) is 2.29. The lowest BCUT2D eigenvalue weighted by Gasteiger charge is -2.17. The van der Waals surface area contributed by atoms with Crippen LogP contribution in [0.15, 0.2) is 23.1 Å². The first kappa shape index (κ1) is 12.0. The Morgan fingerprint density at radius 3 is 2.94 bits per heavy atom. The standard InChI is InChI=1S/C12H14N2O2S/c1-7(2)13-12(16)8-3-4-10-9(5-8)14-11(15)6-17-10/h3-5,7H,6H2,1-2H3,(H,13,16)(H,14,15). The molecule has 0 unspecified atom stereocenters. The van der Waals surface area contributed by atoms with Crippen LogP contribution in [0.1, 0.15) is 24.2 Å². The van der Waals surface area contributed by atoms with Crippen molar-refractivity contribution in [3.05, 3.63) is 23.8 Å². The van der Waals surface area contributed by atoms with Crippen LogP contribution >= 0.6 is 11.8 Å². The molecule has 1 aromatic carbocycles. The lowest BCUT2D eigenvalue weighted by molar-refractivity contribution is -0.113. The number of benzene rings is 1. The molecular formula is C12H14N2O2S. The van der Waals surface area contributed by atoms with Gasteiger partial charge in [0.05, 0.1) is 11.4 Å². The monoisotopic (exact) mass is 250 g/mol. The second kappa shape index (κ2) is 4.79. The Hall–Kier alpha value is -1.49. The molecule has 2 N–H and O–H groups in total. The smallest absolute Gasteiger partial charge is 0.251 e. The molecule has 17 heavy (non-hydrogen) atoms. The molecule has 0 aromatic heterocycles. The van der Waals surface area contributed by atoms with E-state index in [0.29, 0.717) is 11.3 Å². The number of fused-ring (bicyclic) bond motifs is 1. The van der Waals surface area contributed by atoms with Crippen LogP contribution in [-0.2, 0) is 4.79 Å². The van der Waals surface area contributed by atoms with Crippen molar-refractivity contribution < 1.29 is 9.59 Å². The number of hydrogen-bond donors (Lipinski definition) is 2. The molecule has 90 valence electrons. The summed E-state index contributed by atoms with van der Waals surface area (Å²) >= 11 is 1.49. The Morgan fingerprint density at radius 1 is 1.47 bits per heavy atom. The number of rotatable bonds is 2. The average molecular weight is 250 g/mol. The number of amides is 2. The van der Waals surface area contributed by atoms with E-state index in [4.69, 9.17) is 0 Å². The molecule has 0 saturated heterocycles. The molecule has 2 rings (SSSR count). The lowest BCUT2D eigenvalue weighted by Crippen LogP contribution is -2.30. The second-order valence-electron chi connectivity index (χ2n) is 4.18. The fourth-order valence-corrected chi connectivity index (χ4v) is 2.36. The van der Waals surface area contributed by atoms with Crippen molar-refractivity contribution in [3.63, 3.8) is 0 Å². The maximum Gasteiger partial charge on any atom is 0.251 e. The van der Waals surface area contributed by atoms with Gasteiger partial charge in [-0.15, -0.1) is 11.8 Å². The highest BCUT2D eigenvalue weighted by molar-refractivity contribution is 8.00. The topological polar surface area (TPSA) is 58.2 Å². The van der Waals surface area contributed by atoms with Gasteiger partial charge in [-0.3, -0.25) is 9.59 Å². The fourth-order valence-electron chi connectivity index (χ4n) is 1.57. The van der Waals surface area contributed by atoms with Crippen molar-refractivity contribution in [2.75, 3.05) is 11.1 Å². The fraction of sp³-hybridized carbons (Fsp3) is 0.333. The van der Waals surface area contributed by atoms with Gasteiger partial charge in [0.2, 0.25) is 5.91 Å². The molecule has 0 atom stereocenters. The number of nitrogens with one attached hydrogen (secondary N) is 2. The van der Waals surface area contributed by atoms with Gasteiger partial charge in [0, 0.05) is 16.5 Å². The van der Waals surface area contributed by atoms with Crippen LogP contribution in [0, 0.1) is 0 Å². The molecule has 1 aliphatic heterocycles. The van der Waals surface area contributed by atoms with E-state index in [1.54, 1.807) is 12.1 Å². The summed E-state index contributed by atoms with van der Waals surface area (Å²) in [4.78, 5) is 24.0. The van der Waals surface area contributed by atoms with Gasteiger partial charge in [0.1, 0.15) is 0 Å². The molecule has 4 nitrogen and oxygen atoms in total. The molecule has 1 aliphatic rings. The summed E-state index contributed by atoms with van der Waals surface area (Å²) in [5.41, 5.74) is 1.29. The van der Waals surface area contributed by atoms with Gasteiger partial charge in [-0.05, 0) is 32.0 Å². The van der Waals surface area contributed by atoms with Crippen LogP contribution in [0.5, 0.6) is 0 Å². The first-order chi connectivity index (χ1) is 8.06. The summed E-state index contributed by atoms with van der Waals surface area (Å²) < 4.78 is 0.